The van der Waals surface area contributed by atoms with Crippen molar-refractivity contribution in [2.75, 3.05) is 13.2 Å². The van der Waals surface area contributed by atoms with Crippen LogP contribution in [0.25, 0.3) is 0 Å². The van der Waals surface area contributed by atoms with Crippen molar-refractivity contribution in [2.24, 2.45) is 0 Å². The van der Waals surface area contributed by atoms with Crippen molar-refractivity contribution in [1.29, 1.82) is 0 Å². The van der Waals surface area contributed by atoms with Crippen LogP contribution < -0.4 is 4.74 Å². The van der Waals surface area contributed by atoms with E-state index in [0.29, 0.717) is 17.9 Å². The van der Waals surface area contributed by atoms with E-state index in [1.165, 1.54) is 0 Å². The highest BCUT2D eigenvalue weighted by molar-refractivity contribution is 5.99. The molecule has 3 nitrogen and oxygen atoms in total. The predicted octanol–water partition coefficient (Wildman–Crippen LogP) is 3.08. The largest absolute Gasteiger partial charge is 0.493 e. The Morgan fingerprint density at radius 2 is 1.88 bits per heavy atom. The average Bonchev–Trinajstić information content (AvgIpc) is 2.26. The lowest BCUT2D eigenvalue weighted by Gasteiger charge is -2.19. The molecule has 3 heteroatoms. The zero-order valence-electron chi connectivity index (χ0n) is 10.9. The molecule has 0 radical (unpaired) electrons. The molecule has 1 aromatic rings. The molecule has 0 bridgehead atoms. The third-order valence-corrected chi connectivity index (χ3v) is 2.12. The van der Waals surface area contributed by atoms with E-state index < -0.39 is 0 Å². The first-order chi connectivity index (χ1) is 7.94. The van der Waals surface area contributed by atoms with Gasteiger partial charge in [-0.15, -0.1) is 0 Å². The van der Waals surface area contributed by atoms with Crippen molar-refractivity contribution in [1.82, 2.24) is 0 Å². The van der Waals surface area contributed by atoms with Crippen molar-refractivity contribution in [3.63, 3.8) is 0 Å². The average molecular weight is 236 g/mol. The summed E-state index contributed by atoms with van der Waals surface area (Å²) in [5.74, 6) is 0.571. The number of rotatable bonds is 5. The first-order valence-electron chi connectivity index (χ1n) is 5.83. The molecule has 94 valence electrons. The van der Waals surface area contributed by atoms with E-state index in [2.05, 4.69) is 0 Å². The van der Waals surface area contributed by atoms with E-state index in [0.717, 1.165) is 0 Å². The number of benzene rings is 1. The van der Waals surface area contributed by atoms with Crippen molar-refractivity contribution < 1.29 is 14.3 Å². The summed E-state index contributed by atoms with van der Waals surface area (Å²) in [5, 5.41) is 0. The van der Waals surface area contributed by atoms with Gasteiger partial charge in [-0.2, -0.15) is 0 Å². The van der Waals surface area contributed by atoms with Gasteiger partial charge in [0.25, 0.3) is 0 Å². The summed E-state index contributed by atoms with van der Waals surface area (Å²) < 4.78 is 10.9. The zero-order valence-corrected chi connectivity index (χ0v) is 10.9. The Kier molecular flexibility index (Phi) is 4.70. The van der Waals surface area contributed by atoms with Crippen LogP contribution in [0.5, 0.6) is 5.75 Å². The molecule has 0 heterocycles. The fraction of sp³-hybridized carbons (Fsp3) is 0.500. The maximum Gasteiger partial charge on any atom is 0.192 e. The fourth-order valence-electron chi connectivity index (χ4n) is 1.34. The smallest absolute Gasteiger partial charge is 0.192 e. The topological polar surface area (TPSA) is 35.5 Å². The van der Waals surface area contributed by atoms with Crippen LogP contribution >= 0.6 is 0 Å². The maximum atomic E-state index is 12.0. The van der Waals surface area contributed by atoms with Gasteiger partial charge in [-0.3, -0.25) is 4.79 Å². The molecule has 0 saturated heterocycles. The monoisotopic (exact) mass is 236 g/mol. The van der Waals surface area contributed by atoms with Gasteiger partial charge >= 0.3 is 0 Å². The van der Waals surface area contributed by atoms with Gasteiger partial charge in [0.2, 0.25) is 0 Å². The van der Waals surface area contributed by atoms with Crippen LogP contribution in [0.3, 0.4) is 0 Å². The molecule has 1 aromatic carbocycles. The third-order valence-electron chi connectivity index (χ3n) is 2.12. The van der Waals surface area contributed by atoms with Crippen molar-refractivity contribution >= 4 is 5.78 Å². The molecule has 0 spiro atoms. The molecule has 0 amide bonds. The Balaban J connectivity index is 2.74. The number of hydrogen-bond acceptors (Lipinski definition) is 3. The molecule has 0 fully saturated rings. The van der Waals surface area contributed by atoms with Crippen LogP contribution in [0.4, 0.5) is 0 Å². The van der Waals surface area contributed by atoms with Gasteiger partial charge in [-0.1, -0.05) is 12.1 Å². The SMILES string of the molecule is CCOc1ccccc1C(=O)COC(C)(C)C. The highest BCUT2D eigenvalue weighted by atomic mass is 16.5. The maximum absolute atomic E-state index is 12.0. The lowest BCUT2D eigenvalue weighted by Crippen LogP contribution is -2.24. The lowest BCUT2D eigenvalue weighted by molar-refractivity contribution is 0.00294. The molecule has 17 heavy (non-hydrogen) atoms. The molecular formula is C14H20O3. The Bertz CT molecular complexity index is 377. The number of para-hydroxylation sites is 1. The first-order valence-corrected chi connectivity index (χ1v) is 5.83. The minimum Gasteiger partial charge on any atom is -0.493 e. The van der Waals surface area contributed by atoms with E-state index in [1.54, 1.807) is 12.1 Å². The van der Waals surface area contributed by atoms with Crippen LogP contribution in [-0.4, -0.2) is 24.6 Å². The molecule has 0 aliphatic heterocycles. The second-order valence-corrected chi connectivity index (χ2v) is 4.75. The quantitative estimate of drug-likeness (QED) is 0.737. The number of ketones is 1. The predicted molar refractivity (Wildman–Crippen MR) is 67.6 cm³/mol. The summed E-state index contributed by atoms with van der Waals surface area (Å²) in [7, 11) is 0. The number of Topliss-reactive ketones (excluding diaryl/α,β-unsaturated/α-hetero) is 1. The normalized spacial score (nSPS) is 11.3. The van der Waals surface area contributed by atoms with Crippen LogP contribution in [0.1, 0.15) is 38.1 Å². The summed E-state index contributed by atoms with van der Waals surface area (Å²) in [5.41, 5.74) is 0.273. The van der Waals surface area contributed by atoms with Gasteiger partial charge in [-0.05, 0) is 39.8 Å². The Labute approximate surface area is 103 Å². The molecule has 0 unspecified atom stereocenters. The first kappa shape index (κ1) is 13.7. The van der Waals surface area contributed by atoms with Crippen molar-refractivity contribution in [3.05, 3.63) is 29.8 Å². The highest BCUT2D eigenvalue weighted by Crippen LogP contribution is 2.19. The molecule has 0 aromatic heterocycles. The number of hydrogen-bond donors (Lipinski definition) is 0. The molecule has 0 N–H and O–H groups in total. The van der Waals surface area contributed by atoms with Gasteiger partial charge in [0.1, 0.15) is 12.4 Å². The van der Waals surface area contributed by atoms with E-state index in [1.807, 2.05) is 39.8 Å². The lowest BCUT2D eigenvalue weighted by atomic mass is 10.1. The summed E-state index contributed by atoms with van der Waals surface area (Å²) in [4.78, 5) is 12.0. The molecule has 0 saturated carbocycles. The fourth-order valence-corrected chi connectivity index (χ4v) is 1.34. The summed E-state index contributed by atoms with van der Waals surface area (Å²) >= 11 is 0. The summed E-state index contributed by atoms with van der Waals surface area (Å²) in [6.45, 7) is 8.29. The highest BCUT2D eigenvalue weighted by Gasteiger charge is 2.16. The van der Waals surface area contributed by atoms with Crippen molar-refractivity contribution in [2.45, 2.75) is 33.3 Å². The molecule has 0 aliphatic carbocycles. The van der Waals surface area contributed by atoms with Gasteiger partial charge in [0.05, 0.1) is 17.8 Å². The van der Waals surface area contributed by atoms with Crippen molar-refractivity contribution in [3.8, 4) is 5.75 Å². The number of ether oxygens (including phenoxy) is 2. The number of carbonyl (C=O) groups excluding carboxylic acids is 1. The van der Waals surface area contributed by atoms with E-state index >= 15 is 0 Å². The molecule has 1 rings (SSSR count). The van der Waals surface area contributed by atoms with Crippen LogP contribution in [0.15, 0.2) is 24.3 Å². The van der Waals surface area contributed by atoms with Crippen LogP contribution in [-0.2, 0) is 4.74 Å². The van der Waals surface area contributed by atoms with E-state index in [9.17, 15) is 4.79 Å². The van der Waals surface area contributed by atoms with E-state index in [4.69, 9.17) is 9.47 Å². The van der Waals surface area contributed by atoms with Gasteiger partial charge in [0, 0.05) is 0 Å². The standard InChI is InChI=1S/C14H20O3/c1-5-16-13-9-7-6-8-11(13)12(15)10-17-14(2,3)4/h6-9H,5,10H2,1-4H3. The summed E-state index contributed by atoms with van der Waals surface area (Å²) in [6.07, 6.45) is 0. The number of carbonyl (C=O) groups is 1. The molecule has 0 aliphatic rings. The zero-order chi connectivity index (χ0) is 12.9. The Hall–Kier alpha value is -1.35. The van der Waals surface area contributed by atoms with Gasteiger partial charge in [-0.25, -0.2) is 0 Å². The summed E-state index contributed by atoms with van der Waals surface area (Å²) in [6, 6.07) is 7.24. The van der Waals surface area contributed by atoms with Crippen LogP contribution in [0, 0.1) is 0 Å². The second kappa shape index (κ2) is 5.82. The third kappa shape index (κ3) is 4.57. The van der Waals surface area contributed by atoms with Crippen LogP contribution in [0.2, 0.25) is 0 Å². The second-order valence-electron chi connectivity index (χ2n) is 4.75. The molecule has 0 atom stereocenters. The van der Waals surface area contributed by atoms with E-state index in [-0.39, 0.29) is 18.0 Å². The Morgan fingerprint density at radius 1 is 1.24 bits per heavy atom. The minimum absolute atomic E-state index is 0.0519. The van der Waals surface area contributed by atoms with Gasteiger partial charge < -0.3 is 9.47 Å². The minimum atomic E-state index is -0.309. The molecular weight excluding hydrogens is 216 g/mol. The van der Waals surface area contributed by atoms with Gasteiger partial charge in [0.15, 0.2) is 5.78 Å². The Morgan fingerprint density at radius 3 is 2.47 bits per heavy atom.